The third kappa shape index (κ3) is 3.08. The molecule has 2 unspecified atom stereocenters. The van der Waals surface area contributed by atoms with Crippen molar-refractivity contribution >= 4 is 29.5 Å². The molecule has 0 aromatic heterocycles. The van der Waals surface area contributed by atoms with Crippen LogP contribution in [0, 0.1) is 0 Å². The van der Waals surface area contributed by atoms with Crippen LogP contribution in [0.5, 0.6) is 0 Å². The number of nitrogens with zero attached hydrogens (tertiary/aromatic N) is 2. The molecule has 0 saturated carbocycles. The molecule has 112 valence electrons. The van der Waals surface area contributed by atoms with Crippen LogP contribution < -0.4 is 0 Å². The molecule has 0 bridgehead atoms. The zero-order valence-corrected chi connectivity index (χ0v) is 12.4. The minimum atomic E-state index is -0.878. The van der Waals surface area contributed by atoms with Crippen molar-refractivity contribution in [2.75, 3.05) is 18.2 Å². The third-order valence-corrected chi connectivity index (χ3v) is 4.87. The highest BCUT2D eigenvalue weighted by Crippen LogP contribution is 2.27. The predicted molar refractivity (Wildman–Crippen MR) is 75.2 cm³/mol. The number of aliphatic carboxylic acids is 1. The number of likely N-dealkylation sites (tertiary alicyclic amines) is 1. The van der Waals surface area contributed by atoms with Gasteiger partial charge >= 0.3 is 5.97 Å². The van der Waals surface area contributed by atoms with Crippen molar-refractivity contribution in [2.45, 2.75) is 44.7 Å². The van der Waals surface area contributed by atoms with E-state index in [1.54, 1.807) is 28.5 Å². The largest absolute Gasteiger partial charge is 0.481 e. The van der Waals surface area contributed by atoms with Crippen LogP contribution in [0.15, 0.2) is 0 Å². The van der Waals surface area contributed by atoms with E-state index in [0.717, 1.165) is 12.8 Å². The van der Waals surface area contributed by atoms with Gasteiger partial charge in [0.05, 0.1) is 12.3 Å². The number of carboxylic acid groups (broad SMARTS) is 1. The average molecular weight is 300 g/mol. The topological polar surface area (TPSA) is 77.9 Å². The maximum Gasteiger partial charge on any atom is 0.305 e. The molecule has 0 aromatic carbocycles. The summed E-state index contributed by atoms with van der Waals surface area (Å²) in [5, 5.41) is 8.91. The Hall–Kier alpha value is -1.24. The summed E-state index contributed by atoms with van der Waals surface area (Å²) in [6.07, 6.45) is 1.96. The second-order valence-electron chi connectivity index (χ2n) is 5.16. The van der Waals surface area contributed by atoms with Gasteiger partial charge in [-0.1, -0.05) is 6.92 Å². The summed E-state index contributed by atoms with van der Waals surface area (Å²) in [5.41, 5.74) is 0. The normalized spacial score (nSPS) is 26.1. The molecule has 6 nitrogen and oxygen atoms in total. The molecule has 2 amide bonds. The van der Waals surface area contributed by atoms with Crippen LogP contribution in [0.3, 0.4) is 0 Å². The second kappa shape index (κ2) is 6.47. The fraction of sp³-hybridized carbons (Fsp3) is 0.769. The molecule has 2 heterocycles. The molecule has 0 aromatic rings. The molecule has 0 aliphatic carbocycles. The fourth-order valence-electron chi connectivity index (χ4n) is 2.83. The van der Waals surface area contributed by atoms with Crippen LogP contribution in [-0.2, 0) is 14.4 Å². The number of carbonyl (C=O) groups is 3. The van der Waals surface area contributed by atoms with Gasteiger partial charge in [-0.3, -0.25) is 14.4 Å². The average Bonchev–Trinajstić information content (AvgIpc) is 3.04. The standard InChI is InChI=1S/C13H20N2O4S/c1-2-11(16)15-8-20-7-10(15)13(19)14-5-3-4-9(14)6-12(17)18/h9-10H,2-8H2,1H3,(H,17,18). The Morgan fingerprint density at radius 1 is 1.30 bits per heavy atom. The smallest absolute Gasteiger partial charge is 0.305 e. The molecule has 0 spiro atoms. The Morgan fingerprint density at radius 3 is 2.70 bits per heavy atom. The van der Waals surface area contributed by atoms with Crippen LogP contribution in [0.4, 0.5) is 0 Å². The number of hydrogen-bond donors (Lipinski definition) is 1. The van der Waals surface area contributed by atoms with Crippen molar-refractivity contribution in [1.29, 1.82) is 0 Å². The van der Waals surface area contributed by atoms with E-state index in [0.29, 0.717) is 24.6 Å². The van der Waals surface area contributed by atoms with Gasteiger partial charge in [0, 0.05) is 24.8 Å². The van der Waals surface area contributed by atoms with E-state index in [2.05, 4.69) is 0 Å². The third-order valence-electron chi connectivity index (χ3n) is 3.86. The summed E-state index contributed by atoms with van der Waals surface area (Å²) in [6, 6.07) is -0.633. The Balaban J connectivity index is 2.05. The van der Waals surface area contributed by atoms with Crippen molar-refractivity contribution in [3.63, 3.8) is 0 Å². The van der Waals surface area contributed by atoms with Gasteiger partial charge in [0.15, 0.2) is 0 Å². The first-order valence-corrected chi connectivity index (χ1v) is 8.09. The summed E-state index contributed by atoms with van der Waals surface area (Å²) in [6.45, 7) is 2.39. The van der Waals surface area contributed by atoms with Gasteiger partial charge in [-0.05, 0) is 12.8 Å². The molecule has 2 atom stereocenters. The SMILES string of the molecule is CCC(=O)N1CSCC1C(=O)N1CCCC1CC(=O)O. The van der Waals surface area contributed by atoms with Crippen LogP contribution in [0.2, 0.25) is 0 Å². The Labute approximate surface area is 122 Å². The Bertz CT molecular complexity index is 415. The zero-order chi connectivity index (χ0) is 14.7. The molecule has 7 heteroatoms. The highest BCUT2D eigenvalue weighted by atomic mass is 32.2. The van der Waals surface area contributed by atoms with Gasteiger partial charge in [0.25, 0.3) is 0 Å². The summed E-state index contributed by atoms with van der Waals surface area (Å²) in [7, 11) is 0. The summed E-state index contributed by atoms with van der Waals surface area (Å²) >= 11 is 1.58. The van der Waals surface area contributed by atoms with Crippen molar-refractivity contribution in [2.24, 2.45) is 0 Å². The Morgan fingerprint density at radius 2 is 2.05 bits per heavy atom. The van der Waals surface area contributed by atoms with E-state index in [-0.39, 0.29) is 24.3 Å². The van der Waals surface area contributed by atoms with E-state index < -0.39 is 12.0 Å². The van der Waals surface area contributed by atoms with Crippen molar-refractivity contribution in [3.05, 3.63) is 0 Å². The molecular weight excluding hydrogens is 280 g/mol. The number of carbonyl (C=O) groups excluding carboxylic acids is 2. The molecule has 2 aliphatic heterocycles. The molecule has 2 rings (SSSR count). The quantitative estimate of drug-likeness (QED) is 0.829. The van der Waals surface area contributed by atoms with Crippen molar-refractivity contribution in [3.8, 4) is 0 Å². The first kappa shape index (κ1) is 15.2. The lowest BCUT2D eigenvalue weighted by Crippen LogP contribution is -2.50. The maximum absolute atomic E-state index is 12.6. The molecule has 20 heavy (non-hydrogen) atoms. The van der Waals surface area contributed by atoms with Crippen LogP contribution in [-0.4, -0.2) is 62.9 Å². The highest BCUT2D eigenvalue weighted by molar-refractivity contribution is 7.99. The van der Waals surface area contributed by atoms with Crippen molar-refractivity contribution < 1.29 is 19.5 Å². The lowest BCUT2D eigenvalue weighted by atomic mass is 10.1. The zero-order valence-electron chi connectivity index (χ0n) is 11.6. The van der Waals surface area contributed by atoms with Crippen LogP contribution in [0.25, 0.3) is 0 Å². The van der Waals surface area contributed by atoms with E-state index in [4.69, 9.17) is 5.11 Å². The van der Waals surface area contributed by atoms with Gasteiger partial charge in [0.2, 0.25) is 11.8 Å². The van der Waals surface area contributed by atoms with Gasteiger partial charge in [-0.2, -0.15) is 0 Å². The van der Waals surface area contributed by atoms with E-state index in [1.165, 1.54) is 0 Å². The highest BCUT2D eigenvalue weighted by Gasteiger charge is 2.40. The lowest BCUT2D eigenvalue weighted by molar-refractivity contribution is -0.145. The summed E-state index contributed by atoms with van der Waals surface area (Å²) in [5.74, 6) is 0.196. The van der Waals surface area contributed by atoms with Gasteiger partial charge in [-0.15, -0.1) is 11.8 Å². The molecular formula is C13H20N2O4S. The van der Waals surface area contributed by atoms with Crippen LogP contribution >= 0.6 is 11.8 Å². The Kier molecular flexibility index (Phi) is 4.91. The monoisotopic (exact) mass is 300 g/mol. The first-order valence-electron chi connectivity index (χ1n) is 6.94. The van der Waals surface area contributed by atoms with Crippen LogP contribution in [0.1, 0.15) is 32.6 Å². The number of carboxylic acids is 1. The van der Waals surface area contributed by atoms with E-state index in [9.17, 15) is 14.4 Å². The van der Waals surface area contributed by atoms with Gasteiger partial charge in [-0.25, -0.2) is 0 Å². The van der Waals surface area contributed by atoms with Gasteiger partial charge < -0.3 is 14.9 Å². The lowest BCUT2D eigenvalue weighted by Gasteiger charge is -2.30. The molecule has 1 N–H and O–H groups in total. The molecule has 0 radical (unpaired) electrons. The minimum Gasteiger partial charge on any atom is -0.481 e. The predicted octanol–water partition coefficient (Wildman–Crippen LogP) is 0.764. The summed E-state index contributed by atoms with van der Waals surface area (Å²) in [4.78, 5) is 38.6. The second-order valence-corrected chi connectivity index (χ2v) is 6.16. The number of thioether (sulfide) groups is 1. The fourth-order valence-corrected chi connectivity index (χ4v) is 4.00. The maximum atomic E-state index is 12.6. The number of rotatable bonds is 4. The van der Waals surface area contributed by atoms with E-state index in [1.807, 2.05) is 0 Å². The molecule has 2 aliphatic rings. The summed E-state index contributed by atoms with van der Waals surface area (Å²) < 4.78 is 0. The number of amides is 2. The van der Waals surface area contributed by atoms with E-state index >= 15 is 0 Å². The molecule has 2 fully saturated rings. The van der Waals surface area contributed by atoms with Gasteiger partial charge in [0.1, 0.15) is 6.04 Å². The number of hydrogen-bond acceptors (Lipinski definition) is 4. The first-order chi connectivity index (χ1) is 9.54. The molecule has 2 saturated heterocycles. The van der Waals surface area contributed by atoms with Crippen molar-refractivity contribution in [1.82, 2.24) is 9.80 Å². The minimum absolute atomic E-state index is 0.00662.